The number of nitro groups is 1. The molecule has 1 saturated heterocycles. The SMILES string of the molecule is CN1C(=O)C(c2ccc([N+](=O)[O-])cc2)=C(N2CCN(Cc3ccccc3)CC2)C1=O. The molecule has 0 saturated carbocycles. The number of benzene rings is 2. The first-order chi connectivity index (χ1) is 14.5. The van der Waals surface area contributed by atoms with Crippen molar-refractivity contribution in [3.63, 3.8) is 0 Å². The summed E-state index contributed by atoms with van der Waals surface area (Å²) in [5, 5.41) is 10.9. The van der Waals surface area contributed by atoms with Gasteiger partial charge in [0.15, 0.2) is 0 Å². The molecule has 2 heterocycles. The Hall–Kier alpha value is -3.52. The highest BCUT2D eigenvalue weighted by molar-refractivity contribution is 6.35. The summed E-state index contributed by atoms with van der Waals surface area (Å²) >= 11 is 0. The first-order valence-electron chi connectivity index (χ1n) is 9.78. The second kappa shape index (κ2) is 8.08. The molecule has 2 amide bonds. The molecule has 0 spiro atoms. The number of rotatable bonds is 5. The molecule has 2 aliphatic rings. The second-order valence-electron chi connectivity index (χ2n) is 7.45. The summed E-state index contributed by atoms with van der Waals surface area (Å²) in [6.07, 6.45) is 0. The monoisotopic (exact) mass is 406 g/mol. The summed E-state index contributed by atoms with van der Waals surface area (Å²) < 4.78 is 0. The Kier molecular flexibility index (Phi) is 5.33. The first kappa shape index (κ1) is 19.8. The Morgan fingerprint density at radius 2 is 1.53 bits per heavy atom. The fourth-order valence-electron chi connectivity index (χ4n) is 3.90. The Bertz CT molecular complexity index is 1010. The second-order valence-corrected chi connectivity index (χ2v) is 7.45. The lowest BCUT2D eigenvalue weighted by molar-refractivity contribution is -0.384. The van der Waals surface area contributed by atoms with Crippen LogP contribution < -0.4 is 0 Å². The molecule has 0 radical (unpaired) electrons. The van der Waals surface area contributed by atoms with Crippen molar-refractivity contribution in [1.82, 2.24) is 14.7 Å². The largest absolute Gasteiger partial charge is 0.364 e. The molecule has 30 heavy (non-hydrogen) atoms. The molecule has 0 unspecified atom stereocenters. The van der Waals surface area contributed by atoms with Crippen LogP contribution in [0.2, 0.25) is 0 Å². The maximum atomic E-state index is 12.8. The van der Waals surface area contributed by atoms with E-state index in [2.05, 4.69) is 17.0 Å². The normalized spacial score (nSPS) is 17.8. The van der Waals surface area contributed by atoms with Crippen LogP contribution in [-0.4, -0.2) is 64.7 Å². The van der Waals surface area contributed by atoms with Gasteiger partial charge in [-0.3, -0.25) is 29.5 Å². The highest BCUT2D eigenvalue weighted by atomic mass is 16.6. The summed E-state index contributed by atoms with van der Waals surface area (Å²) in [4.78, 5) is 41.4. The Morgan fingerprint density at radius 1 is 0.900 bits per heavy atom. The van der Waals surface area contributed by atoms with Gasteiger partial charge in [0.1, 0.15) is 5.70 Å². The predicted molar refractivity (Wildman–Crippen MR) is 111 cm³/mol. The third-order valence-corrected chi connectivity index (χ3v) is 5.57. The summed E-state index contributed by atoms with van der Waals surface area (Å²) in [5.74, 6) is -0.708. The Labute approximate surface area is 174 Å². The van der Waals surface area contributed by atoms with Crippen LogP contribution in [0.3, 0.4) is 0 Å². The molecule has 8 heteroatoms. The minimum absolute atomic E-state index is 0.0550. The van der Waals surface area contributed by atoms with Crippen LogP contribution in [0.25, 0.3) is 5.57 Å². The first-order valence-corrected chi connectivity index (χ1v) is 9.78. The number of imide groups is 1. The molecule has 2 aromatic rings. The van der Waals surface area contributed by atoms with E-state index in [0.717, 1.165) is 24.5 Å². The standard InChI is InChI=1S/C22H22N4O4/c1-23-21(27)19(17-7-9-18(10-8-17)26(29)30)20(22(23)28)25-13-11-24(12-14-25)15-16-5-3-2-4-6-16/h2-10H,11-15H2,1H3. The average Bonchev–Trinajstić information content (AvgIpc) is 2.99. The van der Waals surface area contributed by atoms with Crippen molar-refractivity contribution < 1.29 is 14.5 Å². The minimum Gasteiger partial charge on any atom is -0.364 e. The molecular formula is C22H22N4O4. The lowest BCUT2D eigenvalue weighted by atomic mass is 10.0. The molecule has 2 aliphatic heterocycles. The number of nitrogens with zero attached hydrogens (tertiary/aromatic N) is 4. The Balaban J connectivity index is 1.56. The van der Waals surface area contributed by atoms with Crippen LogP contribution in [0.15, 0.2) is 60.3 Å². The van der Waals surface area contributed by atoms with Gasteiger partial charge < -0.3 is 4.90 Å². The van der Waals surface area contributed by atoms with Gasteiger partial charge in [0.2, 0.25) is 0 Å². The van der Waals surface area contributed by atoms with Gasteiger partial charge in [-0.25, -0.2) is 0 Å². The lowest BCUT2D eigenvalue weighted by Gasteiger charge is -2.36. The molecule has 0 aromatic heterocycles. The molecule has 0 atom stereocenters. The maximum absolute atomic E-state index is 12.8. The number of carbonyl (C=O) groups excluding carboxylic acids is 2. The minimum atomic E-state index is -0.487. The van der Waals surface area contributed by atoms with Crippen molar-refractivity contribution in [2.24, 2.45) is 0 Å². The number of carbonyl (C=O) groups is 2. The van der Waals surface area contributed by atoms with E-state index in [1.54, 1.807) is 0 Å². The Morgan fingerprint density at radius 3 is 2.13 bits per heavy atom. The highest BCUT2D eigenvalue weighted by Crippen LogP contribution is 2.32. The third kappa shape index (κ3) is 3.69. The van der Waals surface area contributed by atoms with Crippen LogP contribution in [0.1, 0.15) is 11.1 Å². The number of nitro benzene ring substituents is 1. The quantitative estimate of drug-likeness (QED) is 0.429. The molecule has 0 aliphatic carbocycles. The zero-order valence-corrected chi connectivity index (χ0v) is 16.7. The van der Waals surface area contributed by atoms with Crippen molar-refractivity contribution in [1.29, 1.82) is 0 Å². The molecule has 0 bridgehead atoms. The van der Waals surface area contributed by atoms with E-state index >= 15 is 0 Å². The van der Waals surface area contributed by atoms with Gasteiger partial charge in [0, 0.05) is 51.9 Å². The van der Waals surface area contributed by atoms with Gasteiger partial charge >= 0.3 is 0 Å². The van der Waals surface area contributed by atoms with Gasteiger partial charge in [-0.05, 0) is 23.3 Å². The number of likely N-dealkylation sites (N-methyl/N-ethyl adjacent to an activating group) is 1. The van der Waals surface area contributed by atoms with Crippen molar-refractivity contribution in [3.8, 4) is 0 Å². The summed E-state index contributed by atoms with van der Waals surface area (Å²) in [6.45, 7) is 3.65. The van der Waals surface area contributed by atoms with Crippen molar-refractivity contribution >= 4 is 23.1 Å². The van der Waals surface area contributed by atoms with Crippen LogP contribution in [-0.2, 0) is 16.1 Å². The van der Waals surface area contributed by atoms with Gasteiger partial charge in [0.05, 0.1) is 10.5 Å². The van der Waals surface area contributed by atoms with E-state index in [-0.39, 0.29) is 17.5 Å². The summed E-state index contributed by atoms with van der Waals surface area (Å²) in [7, 11) is 1.47. The van der Waals surface area contributed by atoms with Crippen LogP contribution in [0.4, 0.5) is 5.69 Å². The number of non-ortho nitro benzene ring substituents is 1. The van der Waals surface area contributed by atoms with E-state index in [4.69, 9.17) is 0 Å². The zero-order chi connectivity index (χ0) is 21.3. The molecule has 4 rings (SSSR count). The van der Waals surface area contributed by atoms with Gasteiger partial charge in [-0.2, -0.15) is 0 Å². The third-order valence-electron chi connectivity index (χ3n) is 5.57. The predicted octanol–water partition coefficient (Wildman–Crippen LogP) is 2.12. The topological polar surface area (TPSA) is 87.0 Å². The number of piperazine rings is 1. The van der Waals surface area contributed by atoms with E-state index in [1.807, 2.05) is 23.1 Å². The fraction of sp³-hybridized carbons (Fsp3) is 0.273. The molecule has 2 aromatic carbocycles. The van der Waals surface area contributed by atoms with Gasteiger partial charge in [0.25, 0.3) is 17.5 Å². The number of amides is 2. The fourth-order valence-corrected chi connectivity index (χ4v) is 3.90. The maximum Gasteiger partial charge on any atom is 0.277 e. The lowest BCUT2D eigenvalue weighted by Crippen LogP contribution is -2.46. The van der Waals surface area contributed by atoms with E-state index in [9.17, 15) is 19.7 Å². The smallest absolute Gasteiger partial charge is 0.277 e. The molecule has 0 N–H and O–H groups in total. The van der Waals surface area contributed by atoms with Crippen molar-refractivity contribution in [2.75, 3.05) is 33.2 Å². The van der Waals surface area contributed by atoms with Crippen molar-refractivity contribution in [2.45, 2.75) is 6.54 Å². The molecule has 8 nitrogen and oxygen atoms in total. The van der Waals surface area contributed by atoms with Crippen LogP contribution in [0.5, 0.6) is 0 Å². The summed E-state index contributed by atoms with van der Waals surface area (Å²) in [6, 6.07) is 16.0. The van der Waals surface area contributed by atoms with Crippen LogP contribution >= 0.6 is 0 Å². The van der Waals surface area contributed by atoms with E-state index < -0.39 is 4.92 Å². The molecular weight excluding hydrogens is 384 g/mol. The number of hydrogen-bond donors (Lipinski definition) is 0. The zero-order valence-electron chi connectivity index (χ0n) is 16.7. The average molecular weight is 406 g/mol. The molecule has 154 valence electrons. The molecule has 1 fully saturated rings. The summed E-state index contributed by atoms with van der Waals surface area (Å²) in [5.41, 5.74) is 2.40. The number of hydrogen-bond acceptors (Lipinski definition) is 6. The van der Waals surface area contributed by atoms with Crippen molar-refractivity contribution in [3.05, 3.63) is 81.5 Å². The van der Waals surface area contributed by atoms with Gasteiger partial charge in [-0.1, -0.05) is 30.3 Å². The van der Waals surface area contributed by atoms with E-state index in [0.29, 0.717) is 29.9 Å². The highest BCUT2D eigenvalue weighted by Gasteiger charge is 2.40. The van der Waals surface area contributed by atoms with Crippen LogP contribution in [0, 0.1) is 10.1 Å². The van der Waals surface area contributed by atoms with E-state index in [1.165, 1.54) is 36.9 Å². The van der Waals surface area contributed by atoms with Gasteiger partial charge in [-0.15, -0.1) is 0 Å².